The van der Waals surface area contributed by atoms with E-state index in [0.29, 0.717) is 0 Å². The molecule has 0 aliphatic carbocycles. The van der Waals surface area contributed by atoms with Crippen LogP contribution in [0.4, 0.5) is 0 Å². The third-order valence-electron chi connectivity index (χ3n) is 2.53. The van der Waals surface area contributed by atoms with E-state index in [2.05, 4.69) is 51.5 Å². The van der Waals surface area contributed by atoms with Gasteiger partial charge in [-0.1, -0.05) is 48.5 Å². The van der Waals surface area contributed by atoms with Gasteiger partial charge in [-0.05, 0) is 12.1 Å². The van der Waals surface area contributed by atoms with Gasteiger partial charge in [0, 0.05) is 5.56 Å². The van der Waals surface area contributed by atoms with Gasteiger partial charge in [0.2, 0.25) is 0 Å². The van der Waals surface area contributed by atoms with E-state index in [4.69, 9.17) is 0 Å². The van der Waals surface area contributed by atoms with Crippen molar-refractivity contribution in [3.8, 4) is 0 Å². The van der Waals surface area contributed by atoms with Crippen LogP contribution < -0.4 is 0 Å². The van der Waals surface area contributed by atoms with E-state index < -0.39 is 10.1 Å². The van der Waals surface area contributed by atoms with E-state index >= 15 is 0 Å². The molecule has 0 radical (unpaired) electrons. The van der Waals surface area contributed by atoms with Crippen molar-refractivity contribution in [3.63, 3.8) is 0 Å². The van der Waals surface area contributed by atoms with Crippen LogP contribution in [0.25, 0.3) is 0 Å². The van der Waals surface area contributed by atoms with Gasteiger partial charge >= 0.3 is 0 Å². The second-order valence-corrected chi connectivity index (χ2v) is 7.08. The minimum atomic E-state index is -4.25. The normalized spacial score (nSPS) is 11.4. The second-order valence-electron chi connectivity index (χ2n) is 5.70. The van der Waals surface area contributed by atoms with Crippen LogP contribution in [0, 0.1) is 0 Å². The zero-order valence-electron chi connectivity index (χ0n) is 12.6. The summed E-state index contributed by atoms with van der Waals surface area (Å²) in [5.74, 6) is 0. The standard InChI is InChI=1S/C10H16N.C6H6O3S/c1-11(2,3)9-10-7-5-4-6-8-10;7-10(8,9)6-4-2-1-3-5-6/h4-8H,9H2,1-3H3;1-5H,(H,7,8,9)/q+1;/p-1. The molecule has 0 saturated heterocycles. The highest BCUT2D eigenvalue weighted by molar-refractivity contribution is 7.85. The summed E-state index contributed by atoms with van der Waals surface area (Å²) >= 11 is 0. The summed E-state index contributed by atoms with van der Waals surface area (Å²) in [6, 6.07) is 17.8. The van der Waals surface area contributed by atoms with Crippen LogP contribution in [0.1, 0.15) is 5.56 Å². The molecule has 2 aromatic carbocycles. The lowest BCUT2D eigenvalue weighted by atomic mass is 10.2. The molecule has 0 atom stereocenters. The fourth-order valence-corrected chi connectivity index (χ4v) is 2.21. The zero-order valence-corrected chi connectivity index (χ0v) is 13.4. The molecule has 5 heteroatoms. The lowest BCUT2D eigenvalue weighted by Gasteiger charge is -2.23. The number of nitrogens with zero attached hydrogens (tertiary/aromatic N) is 1. The first-order chi connectivity index (χ1) is 9.68. The van der Waals surface area contributed by atoms with Crippen LogP contribution >= 0.6 is 0 Å². The minimum Gasteiger partial charge on any atom is -0.744 e. The Bertz CT molecular complexity index is 632. The van der Waals surface area contributed by atoms with Gasteiger partial charge in [-0.3, -0.25) is 0 Å². The van der Waals surface area contributed by atoms with Gasteiger partial charge in [0.25, 0.3) is 0 Å². The molecule has 0 unspecified atom stereocenters. The summed E-state index contributed by atoms with van der Waals surface area (Å²) in [5.41, 5.74) is 1.40. The van der Waals surface area contributed by atoms with Gasteiger partial charge in [-0.25, -0.2) is 8.42 Å². The van der Waals surface area contributed by atoms with E-state index in [9.17, 15) is 13.0 Å². The largest absolute Gasteiger partial charge is 0.744 e. The van der Waals surface area contributed by atoms with Crippen LogP contribution in [0.3, 0.4) is 0 Å². The molecule has 2 rings (SSSR count). The highest BCUT2D eigenvalue weighted by Gasteiger charge is 2.06. The summed E-state index contributed by atoms with van der Waals surface area (Å²) in [4.78, 5) is -0.185. The molecule has 0 aromatic heterocycles. The molecule has 0 saturated carbocycles. The number of hydrogen-bond acceptors (Lipinski definition) is 3. The molecule has 2 aromatic rings. The summed E-state index contributed by atoms with van der Waals surface area (Å²) in [7, 11) is 2.35. The number of benzene rings is 2. The third-order valence-corrected chi connectivity index (χ3v) is 3.38. The molecule has 0 spiro atoms. The first kappa shape index (κ1) is 17.4. The van der Waals surface area contributed by atoms with E-state index in [1.54, 1.807) is 6.07 Å². The number of hydrogen-bond donors (Lipinski definition) is 0. The average Bonchev–Trinajstić information content (AvgIpc) is 2.39. The monoisotopic (exact) mass is 307 g/mol. The molecule has 0 amide bonds. The molecule has 4 nitrogen and oxygen atoms in total. The summed E-state index contributed by atoms with van der Waals surface area (Å²) in [6.45, 7) is 1.10. The number of quaternary nitrogens is 1. The average molecular weight is 307 g/mol. The van der Waals surface area contributed by atoms with Crippen molar-refractivity contribution in [1.82, 2.24) is 0 Å². The summed E-state index contributed by atoms with van der Waals surface area (Å²) < 4.78 is 31.8. The quantitative estimate of drug-likeness (QED) is 0.646. The lowest BCUT2D eigenvalue weighted by molar-refractivity contribution is -0.884. The summed E-state index contributed by atoms with van der Waals surface area (Å²) in [5, 5.41) is 0. The SMILES string of the molecule is C[N+](C)(C)Cc1ccccc1.O=S(=O)([O-])c1ccccc1. The maximum absolute atomic E-state index is 10.3. The fraction of sp³-hybridized carbons (Fsp3) is 0.250. The van der Waals surface area contributed by atoms with Crippen molar-refractivity contribution < 1.29 is 17.5 Å². The molecule has 0 aliphatic rings. The predicted octanol–water partition coefficient (Wildman–Crippen LogP) is 2.48. The van der Waals surface area contributed by atoms with Crippen molar-refractivity contribution in [1.29, 1.82) is 0 Å². The molecule has 0 bridgehead atoms. The van der Waals surface area contributed by atoms with Crippen LogP contribution in [0.2, 0.25) is 0 Å². The Hall–Kier alpha value is -1.69. The number of rotatable bonds is 3. The van der Waals surface area contributed by atoms with Crippen LogP contribution in [0.15, 0.2) is 65.6 Å². The van der Waals surface area contributed by atoms with Crippen LogP contribution in [-0.4, -0.2) is 38.6 Å². The highest BCUT2D eigenvalue weighted by Crippen LogP contribution is 2.05. The van der Waals surface area contributed by atoms with Gasteiger partial charge in [-0.2, -0.15) is 0 Å². The Morgan fingerprint density at radius 1 is 0.857 bits per heavy atom. The molecule has 0 fully saturated rings. The van der Waals surface area contributed by atoms with Crippen LogP contribution in [-0.2, 0) is 16.7 Å². The van der Waals surface area contributed by atoms with Crippen molar-refractivity contribution in [2.75, 3.05) is 21.1 Å². The van der Waals surface area contributed by atoms with E-state index in [-0.39, 0.29) is 4.90 Å². The second kappa shape index (κ2) is 7.36. The molecule has 21 heavy (non-hydrogen) atoms. The van der Waals surface area contributed by atoms with E-state index in [0.717, 1.165) is 11.0 Å². The molecule has 114 valence electrons. The molecule has 0 heterocycles. The predicted molar refractivity (Wildman–Crippen MR) is 82.6 cm³/mol. The minimum absolute atomic E-state index is 0.185. The van der Waals surface area contributed by atoms with Crippen molar-refractivity contribution >= 4 is 10.1 Å². The first-order valence-corrected chi connectivity index (χ1v) is 7.95. The topological polar surface area (TPSA) is 57.2 Å². The maximum Gasteiger partial charge on any atom is 0.124 e. The molecule has 0 N–H and O–H groups in total. The van der Waals surface area contributed by atoms with Crippen LogP contribution in [0.5, 0.6) is 0 Å². The Morgan fingerprint density at radius 3 is 1.62 bits per heavy atom. The van der Waals surface area contributed by atoms with E-state index in [1.807, 2.05) is 0 Å². The van der Waals surface area contributed by atoms with Crippen molar-refractivity contribution in [2.45, 2.75) is 11.4 Å². The molecule has 0 aliphatic heterocycles. The fourth-order valence-electron chi connectivity index (χ4n) is 1.72. The summed E-state index contributed by atoms with van der Waals surface area (Å²) in [6.07, 6.45) is 0. The smallest absolute Gasteiger partial charge is 0.124 e. The van der Waals surface area contributed by atoms with Gasteiger partial charge in [-0.15, -0.1) is 0 Å². The third kappa shape index (κ3) is 7.60. The lowest BCUT2D eigenvalue weighted by Crippen LogP contribution is -2.33. The first-order valence-electron chi connectivity index (χ1n) is 6.54. The van der Waals surface area contributed by atoms with Gasteiger partial charge in [0.05, 0.1) is 26.0 Å². The van der Waals surface area contributed by atoms with Crippen molar-refractivity contribution in [3.05, 3.63) is 66.2 Å². The zero-order chi connectivity index (χ0) is 15.9. The van der Waals surface area contributed by atoms with Gasteiger partial charge in [0.1, 0.15) is 16.7 Å². The Morgan fingerprint density at radius 2 is 1.29 bits per heavy atom. The van der Waals surface area contributed by atoms with E-state index in [1.165, 1.54) is 29.8 Å². The Balaban J connectivity index is 0.000000211. The molecular formula is C16H21NO3S. The van der Waals surface area contributed by atoms with Gasteiger partial charge < -0.3 is 9.04 Å². The Labute approximate surface area is 127 Å². The van der Waals surface area contributed by atoms with Crippen molar-refractivity contribution in [2.24, 2.45) is 0 Å². The molecular weight excluding hydrogens is 286 g/mol. The Kier molecular flexibility index (Phi) is 6.08. The maximum atomic E-state index is 10.3. The highest BCUT2D eigenvalue weighted by atomic mass is 32.2. The van der Waals surface area contributed by atoms with Gasteiger partial charge in [0.15, 0.2) is 0 Å².